The Kier molecular flexibility index (Phi) is 6.16. The van der Waals surface area contributed by atoms with Crippen molar-refractivity contribution in [2.75, 3.05) is 13.7 Å². The Bertz CT molecular complexity index is 852. The first-order chi connectivity index (χ1) is 11.8. The van der Waals surface area contributed by atoms with Gasteiger partial charge in [-0.1, -0.05) is 23.9 Å². The molecule has 1 heterocycles. The first-order valence-electron chi connectivity index (χ1n) is 7.62. The van der Waals surface area contributed by atoms with Crippen LogP contribution in [0.25, 0.3) is 10.9 Å². The van der Waals surface area contributed by atoms with E-state index in [0.29, 0.717) is 22.7 Å². The average Bonchev–Trinajstić information content (AvgIpc) is 2.54. The van der Waals surface area contributed by atoms with Gasteiger partial charge in [0.1, 0.15) is 0 Å². The number of amides is 3. The number of carbonyl (C=O) groups excluding carboxylic acids is 2. The van der Waals surface area contributed by atoms with Crippen LogP contribution in [0.3, 0.4) is 0 Å². The van der Waals surface area contributed by atoms with Gasteiger partial charge < -0.3 is 10.5 Å². The Balaban J connectivity index is 2.49. The number of ether oxygens (including phenoxy) is 1. The minimum atomic E-state index is -0.922. The minimum Gasteiger partial charge on any atom is -0.383 e. The first kappa shape index (κ1) is 18.9. The SMILES string of the molecule is COCC(C)n1c(SC(C)C(=O)NC(N)=O)nc2ccccc2c1=O. The van der Waals surface area contributed by atoms with Gasteiger partial charge in [-0.15, -0.1) is 0 Å². The molecule has 8 nitrogen and oxygen atoms in total. The van der Waals surface area contributed by atoms with Crippen LogP contribution in [0.1, 0.15) is 19.9 Å². The predicted octanol–water partition coefficient (Wildman–Crippen LogP) is 1.28. The van der Waals surface area contributed by atoms with E-state index in [1.54, 1.807) is 38.3 Å². The Morgan fingerprint density at radius 1 is 1.36 bits per heavy atom. The van der Waals surface area contributed by atoms with Crippen molar-refractivity contribution in [2.45, 2.75) is 30.3 Å². The third-order valence-electron chi connectivity index (χ3n) is 3.52. The van der Waals surface area contributed by atoms with Crippen LogP contribution < -0.4 is 16.6 Å². The monoisotopic (exact) mass is 364 g/mol. The molecule has 3 N–H and O–H groups in total. The van der Waals surface area contributed by atoms with Crippen LogP contribution in [0.5, 0.6) is 0 Å². The number of nitrogens with zero attached hydrogens (tertiary/aromatic N) is 2. The highest BCUT2D eigenvalue weighted by molar-refractivity contribution is 8.00. The fraction of sp³-hybridized carbons (Fsp3) is 0.375. The Morgan fingerprint density at radius 3 is 2.68 bits per heavy atom. The summed E-state index contributed by atoms with van der Waals surface area (Å²) in [5.41, 5.74) is 5.31. The lowest BCUT2D eigenvalue weighted by molar-refractivity contribution is -0.119. The van der Waals surface area contributed by atoms with Gasteiger partial charge in [0.15, 0.2) is 5.16 Å². The molecule has 1 aromatic heterocycles. The smallest absolute Gasteiger partial charge is 0.318 e. The van der Waals surface area contributed by atoms with Gasteiger partial charge in [-0.2, -0.15) is 0 Å². The van der Waals surface area contributed by atoms with Crippen molar-refractivity contribution in [3.05, 3.63) is 34.6 Å². The molecule has 9 heteroatoms. The maximum Gasteiger partial charge on any atom is 0.318 e. The van der Waals surface area contributed by atoms with E-state index in [0.717, 1.165) is 11.8 Å². The minimum absolute atomic E-state index is 0.208. The average molecular weight is 364 g/mol. The van der Waals surface area contributed by atoms with Gasteiger partial charge in [-0.3, -0.25) is 19.5 Å². The number of nitrogens with one attached hydrogen (secondary N) is 1. The number of rotatable bonds is 6. The summed E-state index contributed by atoms with van der Waals surface area (Å²) in [6.45, 7) is 3.75. The lowest BCUT2D eigenvalue weighted by Crippen LogP contribution is -2.39. The zero-order chi connectivity index (χ0) is 18.6. The summed E-state index contributed by atoms with van der Waals surface area (Å²) in [4.78, 5) is 40.2. The highest BCUT2D eigenvalue weighted by Gasteiger charge is 2.22. The predicted molar refractivity (Wildman–Crippen MR) is 95.6 cm³/mol. The van der Waals surface area contributed by atoms with E-state index < -0.39 is 17.2 Å². The molecule has 0 radical (unpaired) electrons. The standard InChI is InChI=1S/C16H20N4O4S/c1-9(8-24-3)20-14(22)11-6-4-5-7-12(11)18-16(20)25-10(2)13(21)19-15(17)23/h4-7,9-10H,8H2,1-3H3,(H3,17,19,21,23). The molecular weight excluding hydrogens is 344 g/mol. The molecule has 2 unspecified atom stereocenters. The molecule has 1 aromatic carbocycles. The lowest BCUT2D eigenvalue weighted by atomic mass is 10.2. The van der Waals surface area contributed by atoms with Crippen molar-refractivity contribution >= 4 is 34.6 Å². The third-order valence-corrected chi connectivity index (χ3v) is 4.59. The zero-order valence-electron chi connectivity index (χ0n) is 14.2. The second-order valence-corrected chi connectivity index (χ2v) is 6.81. The Labute approximate surface area is 148 Å². The molecule has 0 aliphatic rings. The number of hydrogen-bond acceptors (Lipinski definition) is 6. The Morgan fingerprint density at radius 2 is 2.04 bits per heavy atom. The van der Waals surface area contributed by atoms with Crippen LogP contribution in [-0.4, -0.2) is 40.5 Å². The number of aromatic nitrogens is 2. The number of nitrogens with two attached hydrogens (primary N) is 1. The number of carbonyl (C=O) groups is 2. The summed E-state index contributed by atoms with van der Waals surface area (Å²) in [5, 5.41) is 2.23. The topological polar surface area (TPSA) is 116 Å². The molecule has 2 aromatic rings. The maximum absolute atomic E-state index is 12.9. The molecular formula is C16H20N4O4S. The quantitative estimate of drug-likeness (QED) is 0.589. The van der Waals surface area contributed by atoms with Crippen LogP contribution >= 0.6 is 11.8 Å². The van der Waals surface area contributed by atoms with E-state index in [2.05, 4.69) is 4.98 Å². The van der Waals surface area contributed by atoms with Gasteiger partial charge in [0.2, 0.25) is 5.91 Å². The fourth-order valence-electron chi connectivity index (χ4n) is 2.35. The van der Waals surface area contributed by atoms with Crippen LogP contribution in [0.4, 0.5) is 4.79 Å². The van der Waals surface area contributed by atoms with Crippen LogP contribution in [0.15, 0.2) is 34.2 Å². The first-order valence-corrected chi connectivity index (χ1v) is 8.50. The number of benzene rings is 1. The molecule has 0 fully saturated rings. The third kappa shape index (κ3) is 4.37. The highest BCUT2D eigenvalue weighted by Crippen LogP contribution is 2.25. The number of thioether (sulfide) groups is 1. The molecule has 0 spiro atoms. The molecule has 3 amide bonds. The summed E-state index contributed by atoms with van der Waals surface area (Å²) in [7, 11) is 1.55. The maximum atomic E-state index is 12.9. The second-order valence-electron chi connectivity index (χ2n) is 5.50. The molecule has 0 bridgehead atoms. The molecule has 0 saturated carbocycles. The van der Waals surface area contributed by atoms with Crippen molar-refractivity contribution in [2.24, 2.45) is 5.73 Å². The highest BCUT2D eigenvalue weighted by atomic mass is 32.2. The number of imide groups is 1. The van der Waals surface area contributed by atoms with Crippen molar-refractivity contribution in [3.63, 3.8) is 0 Å². The van der Waals surface area contributed by atoms with Gasteiger partial charge in [0.25, 0.3) is 5.56 Å². The lowest BCUT2D eigenvalue weighted by Gasteiger charge is -2.20. The number of para-hydroxylation sites is 1. The summed E-state index contributed by atoms with van der Waals surface area (Å²) in [5.74, 6) is -0.550. The molecule has 2 rings (SSSR count). The van der Waals surface area contributed by atoms with Gasteiger partial charge in [-0.05, 0) is 26.0 Å². The van der Waals surface area contributed by atoms with E-state index in [1.165, 1.54) is 4.57 Å². The van der Waals surface area contributed by atoms with E-state index in [-0.39, 0.29) is 11.6 Å². The number of primary amides is 1. The zero-order valence-corrected chi connectivity index (χ0v) is 15.0. The molecule has 25 heavy (non-hydrogen) atoms. The number of methoxy groups -OCH3 is 1. The molecule has 0 aliphatic heterocycles. The molecule has 0 aliphatic carbocycles. The summed E-state index contributed by atoms with van der Waals surface area (Å²) >= 11 is 1.08. The summed E-state index contributed by atoms with van der Waals surface area (Å²) < 4.78 is 6.65. The Hall–Kier alpha value is -2.39. The summed E-state index contributed by atoms with van der Waals surface area (Å²) in [6, 6.07) is 5.80. The second kappa shape index (κ2) is 8.13. The largest absolute Gasteiger partial charge is 0.383 e. The van der Waals surface area contributed by atoms with Gasteiger partial charge in [0.05, 0.1) is 28.8 Å². The number of fused-ring (bicyclic) bond motifs is 1. The van der Waals surface area contributed by atoms with E-state index in [1.807, 2.05) is 12.2 Å². The van der Waals surface area contributed by atoms with Gasteiger partial charge >= 0.3 is 6.03 Å². The van der Waals surface area contributed by atoms with E-state index in [9.17, 15) is 14.4 Å². The summed E-state index contributed by atoms with van der Waals surface area (Å²) in [6.07, 6.45) is 0. The van der Waals surface area contributed by atoms with Crippen LogP contribution in [0.2, 0.25) is 0 Å². The van der Waals surface area contributed by atoms with E-state index in [4.69, 9.17) is 10.5 Å². The van der Waals surface area contributed by atoms with E-state index >= 15 is 0 Å². The van der Waals surface area contributed by atoms with Crippen molar-refractivity contribution in [1.82, 2.24) is 14.9 Å². The molecule has 2 atom stereocenters. The molecule has 134 valence electrons. The number of hydrogen-bond donors (Lipinski definition) is 2. The van der Waals surface area contributed by atoms with Crippen LogP contribution in [0, 0.1) is 0 Å². The van der Waals surface area contributed by atoms with Crippen LogP contribution in [-0.2, 0) is 9.53 Å². The fourth-order valence-corrected chi connectivity index (χ4v) is 3.36. The van der Waals surface area contributed by atoms with Crippen molar-refractivity contribution < 1.29 is 14.3 Å². The molecule has 0 saturated heterocycles. The normalized spacial score (nSPS) is 13.4. The van der Waals surface area contributed by atoms with Gasteiger partial charge in [-0.25, -0.2) is 9.78 Å². The van der Waals surface area contributed by atoms with Gasteiger partial charge in [0, 0.05) is 7.11 Å². The van der Waals surface area contributed by atoms with Crippen molar-refractivity contribution in [1.29, 1.82) is 0 Å². The van der Waals surface area contributed by atoms with Crippen molar-refractivity contribution in [3.8, 4) is 0 Å². The number of urea groups is 1.